The number of nitrogens with zero attached hydrogens (tertiary/aromatic N) is 1. The molecule has 0 aliphatic rings. The number of aromatic nitrogens is 1. The highest BCUT2D eigenvalue weighted by Crippen LogP contribution is 2.23. The quantitative estimate of drug-likeness (QED) is 0.251. The van der Waals surface area contributed by atoms with Crippen LogP contribution < -0.4 is 9.88 Å². The minimum absolute atomic E-state index is 0.103. The van der Waals surface area contributed by atoms with Crippen LogP contribution in [0.2, 0.25) is 0 Å². The lowest BCUT2D eigenvalue weighted by Crippen LogP contribution is -2.39. The van der Waals surface area contributed by atoms with Crippen molar-refractivity contribution < 1.29 is 19.2 Å². The molecule has 0 saturated carbocycles. The van der Waals surface area contributed by atoms with Gasteiger partial charge in [0.05, 0.1) is 6.61 Å². The predicted molar refractivity (Wildman–Crippen MR) is 117 cm³/mol. The summed E-state index contributed by atoms with van der Waals surface area (Å²) in [6.07, 6.45) is 3.42. The summed E-state index contributed by atoms with van der Waals surface area (Å²) >= 11 is 5.65. The van der Waals surface area contributed by atoms with Gasteiger partial charge in [0.25, 0.3) is 5.70 Å². The van der Waals surface area contributed by atoms with Crippen LogP contribution in [0.25, 0.3) is 11.5 Å². The molecule has 0 aliphatic carbocycles. The first-order chi connectivity index (χ1) is 13.9. The fraction of sp³-hybridized carbons (Fsp3) is 0.130. The Labute approximate surface area is 174 Å². The van der Waals surface area contributed by atoms with E-state index in [-0.39, 0.29) is 12.4 Å². The van der Waals surface area contributed by atoms with Gasteiger partial charge in [-0.1, -0.05) is 30.4 Å². The van der Waals surface area contributed by atoms with Gasteiger partial charge in [-0.15, -0.1) is 0 Å². The van der Waals surface area contributed by atoms with Crippen LogP contribution in [-0.4, -0.2) is 15.2 Å². The van der Waals surface area contributed by atoms with Gasteiger partial charge in [-0.25, -0.2) is 4.39 Å². The van der Waals surface area contributed by atoms with Gasteiger partial charge in [0.15, 0.2) is 23.1 Å². The van der Waals surface area contributed by atoms with Crippen molar-refractivity contribution in [2.75, 3.05) is 5.32 Å². The van der Waals surface area contributed by atoms with Crippen LogP contribution >= 0.6 is 12.2 Å². The molecule has 29 heavy (non-hydrogen) atoms. The van der Waals surface area contributed by atoms with Gasteiger partial charge < -0.3 is 15.5 Å². The predicted octanol–water partition coefficient (Wildman–Crippen LogP) is 4.55. The number of aliphatic hydroxyl groups excluding tert-OH is 2. The van der Waals surface area contributed by atoms with Gasteiger partial charge in [0.2, 0.25) is 0 Å². The van der Waals surface area contributed by atoms with Crippen LogP contribution in [0, 0.1) is 19.7 Å². The van der Waals surface area contributed by atoms with Crippen LogP contribution in [0.3, 0.4) is 0 Å². The third-order valence-electron chi connectivity index (χ3n) is 4.58. The molecule has 0 radical (unpaired) electrons. The highest BCUT2D eigenvalue weighted by Gasteiger charge is 2.25. The Kier molecular flexibility index (Phi) is 6.36. The van der Waals surface area contributed by atoms with Crippen LogP contribution in [0.4, 0.5) is 10.1 Å². The van der Waals surface area contributed by atoms with E-state index in [9.17, 15) is 14.6 Å². The second kappa shape index (κ2) is 8.94. The number of para-hydroxylation sites is 1. The molecular formula is C23H22FN2O2S+. The molecule has 0 aliphatic heterocycles. The highest BCUT2D eigenvalue weighted by atomic mass is 32.1. The number of thiocarbonyl (C=S) groups is 1. The molecule has 0 fully saturated rings. The molecule has 2 aromatic carbocycles. The molecule has 4 nitrogen and oxygen atoms in total. The first-order valence-corrected chi connectivity index (χ1v) is 9.49. The van der Waals surface area contributed by atoms with Crippen molar-refractivity contribution in [3.63, 3.8) is 0 Å². The summed E-state index contributed by atoms with van der Waals surface area (Å²) in [5, 5.41) is 23.7. The lowest BCUT2D eigenvalue weighted by molar-refractivity contribution is -0.576. The molecule has 1 heterocycles. The Balaban J connectivity index is 2.13. The van der Waals surface area contributed by atoms with Crippen molar-refractivity contribution >= 4 is 34.3 Å². The molecule has 0 bridgehead atoms. The average molecular weight is 410 g/mol. The van der Waals surface area contributed by atoms with Gasteiger partial charge in [-0.3, -0.25) is 0 Å². The van der Waals surface area contributed by atoms with Gasteiger partial charge in [0.1, 0.15) is 5.82 Å². The summed E-state index contributed by atoms with van der Waals surface area (Å²) in [6, 6.07) is 15.0. The van der Waals surface area contributed by atoms with Gasteiger partial charge in [-0.05, 0) is 55.3 Å². The largest absolute Gasteiger partial charge is 0.502 e. The first kappa shape index (κ1) is 20.6. The third kappa shape index (κ3) is 4.67. The van der Waals surface area contributed by atoms with Crippen molar-refractivity contribution in [2.24, 2.45) is 0 Å². The Morgan fingerprint density at radius 3 is 2.31 bits per heavy atom. The number of nitrogens with one attached hydrogen (secondary N) is 1. The van der Waals surface area contributed by atoms with E-state index in [0.29, 0.717) is 21.8 Å². The van der Waals surface area contributed by atoms with Gasteiger partial charge in [0, 0.05) is 22.9 Å². The molecular weight excluding hydrogens is 387 g/mol. The van der Waals surface area contributed by atoms with Crippen LogP contribution in [0.1, 0.15) is 22.3 Å². The molecule has 3 aromatic rings. The van der Waals surface area contributed by atoms with E-state index in [1.54, 1.807) is 29.1 Å². The molecule has 1 aromatic heterocycles. The molecule has 148 valence electrons. The molecule has 0 spiro atoms. The molecule has 0 saturated heterocycles. The molecule has 0 unspecified atom stereocenters. The zero-order valence-electron chi connectivity index (χ0n) is 16.2. The SMILES string of the molecule is Cc1cccc(C)c1NC(=S)C(=C(O)c1ccc(F)cc1)[n+]1cccc(CO)c1. The molecule has 0 amide bonds. The summed E-state index contributed by atoms with van der Waals surface area (Å²) < 4.78 is 15.0. The summed E-state index contributed by atoms with van der Waals surface area (Å²) in [6.45, 7) is 3.80. The number of hydrogen-bond donors (Lipinski definition) is 3. The van der Waals surface area contributed by atoms with Crippen molar-refractivity contribution in [2.45, 2.75) is 20.5 Å². The summed E-state index contributed by atoms with van der Waals surface area (Å²) in [5.41, 5.74) is 4.30. The number of pyridine rings is 1. The third-order valence-corrected chi connectivity index (χ3v) is 4.87. The van der Waals surface area contributed by atoms with E-state index in [1.165, 1.54) is 24.3 Å². The standard InChI is InChI=1S/C23H21FN2O2S/c1-15-5-3-6-16(2)20(15)25-23(29)21(26-12-4-7-17(13-26)14-27)22(28)18-8-10-19(24)11-9-18/h3-13,27H,14H2,1-2H3,(H-,25,28,29)/p+1. The number of anilines is 1. The Morgan fingerprint density at radius 1 is 1.03 bits per heavy atom. The number of benzene rings is 2. The molecule has 3 N–H and O–H groups in total. The minimum atomic E-state index is -0.394. The van der Waals surface area contributed by atoms with Gasteiger partial charge >= 0.3 is 0 Å². The van der Waals surface area contributed by atoms with Crippen molar-refractivity contribution in [1.29, 1.82) is 0 Å². The lowest BCUT2D eigenvalue weighted by Gasteiger charge is -2.14. The zero-order valence-corrected chi connectivity index (χ0v) is 17.0. The maximum absolute atomic E-state index is 13.3. The number of rotatable bonds is 5. The fourth-order valence-electron chi connectivity index (χ4n) is 3.03. The number of aliphatic hydroxyl groups is 2. The number of aryl methyl sites for hydroxylation is 2. The molecule has 0 atom stereocenters. The normalized spacial score (nSPS) is 11.7. The van der Waals surface area contributed by atoms with E-state index >= 15 is 0 Å². The maximum atomic E-state index is 13.3. The Morgan fingerprint density at radius 2 is 1.69 bits per heavy atom. The van der Waals surface area contributed by atoms with E-state index in [4.69, 9.17) is 12.2 Å². The maximum Gasteiger partial charge on any atom is 0.288 e. The molecule has 6 heteroatoms. The fourth-order valence-corrected chi connectivity index (χ4v) is 3.34. The summed E-state index contributed by atoms with van der Waals surface area (Å²) in [5.74, 6) is -0.497. The van der Waals surface area contributed by atoms with Gasteiger partial charge in [-0.2, -0.15) is 4.57 Å². The van der Waals surface area contributed by atoms with Crippen molar-refractivity contribution in [3.8, 4) is 0 Å². The second-order valence-corrected chi connectivity index (χ2v) is 7.11. The molecule has 3 rings (SSSR count). The van der Waals surface area contributed by atoms with Crippen molar-refractivity contribution in [3.05, 3.63) is 95.1 Å². The summed E-state index contributed by atoms with van der Waals surface area (Å²) in [4.78, 5) is 0.296. The van der Waals surface area contributed by atoms with E-state index < -0.39 is 5.82 Å². The van der Waals surface area contributed by atoms with Crippen LogP contribution in [0.5, 0.6) is 0 Å². The smallest absolute Gasteiger partial charge is 0.288 e. The Hall–Kier alpha value is -3.09. The zero-order chi connectivity index (χ0) is 21.0. The monoisotopic (exact) mass is 409 g/mol. The van der Waals surface area contributed by atoms with E-state index in [2.05, 4.69) is 5.32 Å². The van der Waals surface area contributed by atoms with E-state index in [1.807, 2.05) is 32.0 Å². The lowest BCUT2D eigenvalue weighted by atomic mass is 10.1. The first-order valence-electron chi connectivity index (χ1n) is 9.09. The number of hydrogen-bond acceptors (Lipinski definition) is 3. The second-order valence-electron chi connectivity index (χ2n) is 6.70. The van der Waals surface area contributed by atoms with E-state index in [0.717, 1.165) is 16.8 Å². The number of halogens is 1. The Bertz CT molecular complexity index is 1060. The summed E-state index contributed by atoms with van der Waals surface area (Å²) in [7, 11) is 0. The topological polar surface area (TPSA) is 56.4 Å². The highest BCUT2D eigenvalue weighted by molar-refractivity contribution is 7.81. The van der Waals surface area contributed by atoms with Crippen molar-refractivity contribution in [1.82, 2.24) is 0 Å². The van der Waals surface area contributed by atoms with Crippen LogP contribution in [-0.2, 0) is 6.61 Å². The van der Waals surface area contributed by atoms with Crippen LogP contribution in [0.15, 0.2) is 67.0 Å². The average Bonchev–Trinajstić information content (AvgIpc) is 2.71. The minimum Gasteiger partial charge on any atom is -0.502 e.